The van der Waals surface area contributed by atoms with Crippen LogP contribution in [0.25, 0.3) is 11.0 Å². The molecule has 2 aromatic heterocycles. The van der Waals surface area contributed by atoms with Crippen LogP contribution in [0.4, 0.5) is 16.3 Å². The van der Waals surface area contributed by atoms with Gasteiger partial charge in [0.15, 0.2) is 0 Å². The molecule has 1 saturated heterocycles. The number of fused-ring (bicyclic) bond motifs is 1. The number of aromatic amines is 1. The van der Waals surface area contributed by atoms with Crippen LogP contribution in [-0.4, -0.2) is 58.7 Å². The number of urea groups is 1. The highest BCUT2D eigenvalue weighted by molar-refractivity contribution is 6.00. The molecule has 0 aliphatic carbocycles. The van der Waals surface area contributed by atoms with Gasteiger partial charge < -0.3 is 25.0 Å². The molecule has 1 aliphatic heterocycles. The van der Waals surface area contributed by atoms with Crippen molar-refractivity contribution < 1.29 is 19.4 Å². The van der Waals surface area contributed by atoms with Gasteiger partial charge in [0, 0.05) is 11.9 Å². The topological polar surface area (TPSA) is 120 Å². The zero-order valence-corrected chi connectivity index (χ0v) is 23.2. The number of benzene rings is 2. The van der Waals surface area contributed by atoms with E-state index in [2.05, 4.69) is 33.6 Å². The lowest BCUT2D eigenvalue weighted by molar-refractivity contribution is 0.0697. The summed E-state index contributed by atoms with van der Waals surface area (Å²) >= 11 is 0. The van der Waals surface area contributed by atoms with Crippen molar-refractivity contribution in [1.29, 1.82) is 0 Å². The molecule has 0 unspecified atom stereocenters. The Morgan fingerprint density at radius 2 is 1.77 bits per heavy atom. The minimum absolute atomic E-state index is 0.269. The van der Waals surface area contributed by atoms with Gasteiger partial charge in [-0.25, -0.2) is 14.6 Å². The van der Waals surface area contributed by atoms with E-state index in [9.17, 15) is 9.59 Å². The summed E-state index contributed by atoms with van der Waals surface area (Å²) in [5.41, 5.74) is 5.33. The van der Waals surface area contributed by atoms with Crippen molar-refractivity contribution in [2.45, 2.75) is 39.0 Å². The van der Waals surface area contributed by atoms with Gasteiger partial charge in [0.25, 0.3) is 0 Å². The summed E-state index contributed by atoms with van der Waals surface area (Å²) in [6, 6.07) is 17.5. The second kappa shape index (κ2) is 13.6. The summed E-state index contributed by atoms with van der Waals surface area (Å²) in [7, 11) is 1.54. The van der Waals surface area contributed by atoms with E-state index in [-0.39, 0.29) is 11.6 Å². The number of aryl methyl sites for hydroxylation is 1. The Kier molecular flexibility index (Phi) is 9.75. The molecule has 9 heteroatoms. The van der Waals surface area contributed by atoms with Crippen LogP contribution in [0.15, 0.2) is 66.9 Å². The number of carbonyl (C=O) groups is 2. The zero-order chi connectivity index (χ0) is 28.5. The molecule has 0 radical (unpaired) electrons. The fourth-order valence-electron chi connectivity index (χ4n) is 4.90. The van der Waals surface area contributed by atoms with Gasteiger partial charge in [0.2, 0.25) is 0 Å². The van der Waals surface area contributed by atoms with Crippen molar-refractivity contribution in [2.24, 2.45) is 0 Å². The molecule has 4 aromatic rings. The molecule has 1 fully saturated rings. The fraction of sp³-hybridized carbons (Fsp3) is 0.323. The van der Waals surface area contributed by atoms with E-state index in [0.29, 0.717) is 17.5 Å². The molecule has 0 atom stereocenters. The normalized spacial score (nSPS) is 13.8. The van der Waals surface area contributed by atoms with Crippen molar-refractivity contribution in [3.05, 3.63) is 83.6 Å². The highest BCUT2D eigenvalue weighted by Crippen LogP contribution is 2.33. The molecule has 2 aromatic carbocycles. The third-order valence-electron chi connectivity index (χ3n) is 7.09. The lowest BCUT2D eigenvalue weighted by atomic mass is 9.90. The fourth-order valence-corrected chi connectivity index (χ4v) is 4.90. The Labute approximate surface area is 234 Å². The van der Waals surface area contributed by atoms with Crippen molar-refractivity contribution in [3.63, 3.8) is 0 Å². The van der Waals surface area contributed by atoms with Gasteiger partial charge in [0.1, 0.15) is 11.6 Å². The van der Waals surface area contributed by atoms with Gasteiger partial charge >= 0.3 is 12.0 Å². The number of carboxylic acids is 1. The number of piperidine rings is 1. The number of carboxylic acid groups (broad SMARTS) is 1. The van der Waals surface area contributed by atoms with Crippen LogP contribution in [0, 0.1) is 6.92 Å². The molecule has 0 bridgehead atoms. The Morgan fingerprint density at radius 3 is 2.42 bits per heavy atom. The van der Waals surface area contributed by atoms with Crippen molar-refractivity contribution >= 4 is 34.5 Å². The Morgan fingerprint density at radius 1 is 1.05 bits per heavy atom. The Bertz CT molecular complexity index is 1430. The molecular weight excluding hydrogens is 506 g/mol. The number of rotatable bonds is 7. The molecule has 3 heterocycles. The van der Waals surface area contributed by atoms with Gasteiger partial charge in [0.05, 0.1) is 23.7 Å². The number of methoxy groups -OCH3 is 1. The van der Waals surface area contributed by atoms with Crippen LogP contribution in [0.3, 0.4) is 0 Å². The van der Waals surface area contributed by atoms with E-state index in [0.717, 1.165) is 48.2 Å². The lowest BCUT2D eigenvalue weighted by Crippen LogP contribution is -2.33. The highest BCUT2D eigenvalue weighted by atomic mass is 16.5. The smallest absolute Gasteiger partial charge is 0.335 e. The van der Waals surface area contributed by atoms with Gasteiger partial charge in [-0.05, 0) is 105 Å². The molecule has 9 nitrogen and oxygen atoms in total. The maximum absolute atomic E-state index is 12.4. The van der Waals surface area contributed by atoms with E-state index in [1.807, 2.05) is 43.3 Å². The van der Waals surface area contributed by atoms with Crippen molar-refractivity contribution in [3.8, 4) is 5.75 Å². The highest BCUT2D eigenvalue weighted by Gasteiger charge is 2.23. The lowest BCUT2D eigenvalue weighted by Gasteiger charge is -2.31. The molecule has 0 spiro atoms. The van der Waals surface area contributed by atoms with Crippen molar-refractivity contribution in [2.75, 3.05) is 37.4 Å². The number of H-pyrrole nitrogens is 1. The second-order valence-electron chi connectivity index (χ2n) is 9.88. The van der Waals surface area contributed by atoms with Gasteiger partial charge in [-0.2, -0.15) is 0 Å². The second-order valence-corrected chi connectivity index (χ2v) is 9.88. The van der Waals surface area contributed by atoms with Gasteiger partial charge in [-0.1, -0.05) is 25.1 Å². The number of nitrogens with one attached hydrogen (secondary N) is 3. The number of para-hydroxylation sites is 1. The zero-order valence-electron chi connectivity index (χ0n) is 23.2. The predicted molar refractivity (Wildman–Crippen MR) is 159 cm³/mol. The first-order chi connectivity index (χ1) is 19.4. The number of anilines is 2. The third kappa shape index (κ3) is 7.39. The molecular formula is C31H37N5O4. The summed E-state index contributed by atoms with van der Waals surface area (Å²) in [6.07, 6.45) is 5.61. The molecule has 210 valence electrons. The van der Waals surface area contributed by atoms with Crippen LogP contribution in [0.2, 0.25) is 0 Å². The first kappa shape index (κ1) is 28.6. The van der Waals surface area contributed by atoms with Crippen LogP contribution in [0.1, 0.15) is 53.6 Å². The summed E-state index contributed by atoms with van der Waals surface area (Å²) in [6.45, 7) is 7.67. The number of aromatic nitrogens is 2. The quantitative estimate of drug-likeness (QED) is 0.211. The average Bonchev–Trinajstić information content (AvgIpc) is 3.38. The van der Waals surface area contributed by atoms with E-state index in [4.69, 9.17) is 14.8 Å². The van der Waals surface area contributed by atoms with Crippen LogP contribution >= 0.6 is 0 Å². The number of aromatic carboxylic acids is 1. The summed E-state index contributed by atoms with van der Waals surface area (Å²) in [5, 5.41) is 14.3. The van der Waals surface area contributed by atoms with E-state index in [1.165, 1.54) is 37.8 Å². The number of carbonyl (C=O) groups excluding carboxylic acids is 1. The number of pyridine rings is 1. The van der Waals surface area contributed by atoms with Crippen molar-refractivity contribution in [1.82, 2.24) is 14.9 Å². The maximum atomic E-state index is 12.4. The summed E-state index contributed by atoms with van der Waals surface area (Å²) in [4.78, 5) is 33.4. The number of amides is 2. The minimum atomic E-state index is -0.923. The molecule has 40 heavy (non-hydrogen) atoms. The standard InChI is InChI=1S/C23H29N5O.C8H8O3/c1-3-12-28-13-10-17(11-14-28)18-15-24-20-8-9-21(26-22(18)20)27-23(29)25-19-7-5-4-6-16(19)2;1-11-7-4-2-6(3-5-7)8(9)10/h4-9,15,17,24H,3,10-14H2,1-2H3,(H2,25,26,27,29);2-5H,1H3,(H,9,10). The van der Waals surface area contributed by atoms with E-state index >= 15 is 0 Å². The third-order valence-corrected chi connectivity index (χ3v) is 7.09. The molecule has 4 N–H and O–H groups in total. The first-order valence-electron chi connectivity index (χ1n) is 13.6. The maximum Gasteiger partial charge on any atom is 0.335 e. The van der Waals surface area contributed by atoms with Crippen LogP contribution < -0.4 is 15.4 Å². The number of hydrogen-bond donors (Lipinski definition) is 4. The Hall–Kier alpha value is -4.37. The van der Waals surface area contributed by atoms with Crippen LogP contribution in [0.5, 0.6) is 5.75 Å². The largest absolute Gasteiger partial charge is 0.497 e. The van der Waals surface area contributed by atoms with E-state index < -0.39 is 5.97 Å². The van der Waals surface area contributed by atoms with Gasteiger partial charge in [-0.15, -0.1) is 0 Å². The summed E-state index contributed by atoms with van der Waals surface area (Å²) < 4.78 is 4.86. The number of nitrogens with zero attached hydrogens (tertiary/aromatic N) is 2. The first-order valence-corrected chi connectivity index (χ1v) is 13.6. The SMILES string of the molecule is CCCN1CCC(c2c[nH]c3ccc(NC(=O)Nc4ccccc4C)nc23)CC1.COc1ccc(C(=O)O)cc1. The Balaban J connectivity index is 0.000000283. The number of likely N-dealkylation sites (tertiary alicyclic amines) is 1. The minimum Gasteiger partial charge on any atom is -0.497 e. The monoisotopic (exact) mass is 543 g/mol. The molecule has 0 saturated carbocycles. The molecule has 2 amide bonds. The average molecular weight is 544 g/mol. The van der Waals surface area contributed by atoms with Gasteiger partial charge in [-0.3, -0.25) is 5.32 Å². The predicted octanol–water partition coefficient (Wildman–Crippen LogP) is 6.50. The number of ether oxygens (including phenoxy) is 1. The van der Waals surface area contributed by atoms with Crippen LogP contribution in [-0.2, 0) is 0 Å². The number of hydrogen-bond acceptors (Lipinski definition) is 5. The summed E-state index contributed by atoms with van der Waals surface area (Å²) in [5.74, 6) is 0.816. The molecule has 1 aliphatic rings. The molecule has 5 rings (SSSR count). The van der Waals surface area contributed by atoms with E-state index in [1.54, 1.807) is 12.1 Å².